The van der Waals surface area contributed by atoms with Crippen molar-refractivity contribution in [1.82, 2.24) is 0 Å². The van der Waals surface area contributed by atoms with Gasteiger partial charge in [-0.3, -0.25) is 0 Å². The van der Waals surface area contributed by atoms with Crippen molar-refractivity contribution >= 4 is 18.4 Å². The molecule has 0 amide bonds. The Morgan fingerprint density at radius 2 is 1.37 bits per heavy atom. The molecule has 2 aromatic rings. The van der Waals surface area contributed by atoms with Crippen LogP contribution in [0.4, 0.5) is 0 Å². The van der Waals surface area contributed by atoms with Crippen LogP contribution in [-0.4, -0.2) is 8.07 Å². The Hall–Kier alpha value is -1.86. The molecule has 0 aliphatic carbocycles. The quantitative estimate of drug-likeness (QED) is 0.744. The molecule has 1 heterocycles. The predicted octanol–water partition coefficient (Wildman–Crippen LogP) is 3.38. The summed E-state index contributed by atoms with van der Waals surface area (Å²) in [6, 6.07) is 24.5. The second kappa shape index (κ2) is 5.02. The molecule has 0 unspecified atom stereocenters. The zero-order valence-corrected chi connectivity index (χ0v) is 12.0. The molecule has 94 valence electrons. The van der Waals surface area contributed by atoms with Crippen molar-refractivity contribution in [2.45, 2.75) is 12.1 Å². The van der Waals surface area contributed by atoms with Gasteiger partial charge >= 0.3 is 0 Å². The molecule has 1 aliphatic rings. The van der Waals surface area contributed by atoms with E-state index in [2.05, 4.69) is 73.3 Å². The Morgan fingerprint density at radius 3 is 1.79 bits per heavy atom. The molecule has 0 nitrogen and oxygen atoms in total. The molecule has 1 heteroatoms. The van der Waals surface area contributed by atoms with Crippen LogP contribution in [0.25, 0.3) is 0 Å². The second-order valence-corrected chi connectivity index (χ2v) is 9.26. The fraction of sp³-hybridized carbons (Fsp3) is 0.111. The Bertz CT molecular complexity index is 557. The van der Waals surface area contributed by atoms with Crippen LogP contribution in [0.3, 0.4) is 0 Å². The first-order valence-electron chi connectivity index (χ1n) is 6.78. The SMILES string of the molecule is C=CC1=CC[Si](c2ccccc2)(c2ccccc2)C1. The molecule has 19 heavy (non-hydrogen) atoms. The van der Waals surface area contributed by atoms with E-state index in [9.17, 15) is 0 Å². The molecule has 2 aromatic carbocycles. The average molecular weight is 262 g/mol. The van der Waals surface area contributed by atoms with Crippen molar-refractivity contribution in [3.8, 4) is 0 Å². The summed E-state index contributed by atoms with van der Waals surface area (Å²) in [5.74, 6) is 0. The van der Waals surface area contributed by atoms with Gasteiger partial charge in [-0.05, 0) is 12.1 Å². The summed E-state index contributed by atoms with van der Waals surface area (Å²) in [6.07, 6.45) is 4.42. The summed E-state index contributed by atoms with van der Waals surface area (Å²) in [6.45, 7) is 3.95. The molecule has 0 saturated heterocycles. The molecule has 0 fully saturated rings. The molecule has 0 saturated carbocycles. The van der Waals surface area contributed by atoms with E-state index in [1.54, 1.807) is 0 Å². The van der Waals surface area contributed by atoms with Crippen molar-refractivity contribution in [2.24, 2.45) is 0 Å². The van der Waals surface area contributed by atoms with E-state index in [0.717, 1.165) is 0 Å². The lowest BCUT2D eigenvalue weighted by Crippen LogP contribution is -2.56. The number of hydrogen-bond donors (Lipinski definition) is 0. The van der Waals surface area contributed by atoms with Crippen LogP contribution in [0.1, 0.15) is 0 Å². The molecular weight excluding hydrogens is 244 g/mol. The van der Waals surface area contributed by atoms with Crippen molar-refractivity contribution < 1.29 is 0 Å². The predicted molar refractivity (Wildman–Crippen MR) is 85.8 cm³/mol. The lowest BCUT2D eigenvalue weighted by Gasteiger charge is -2.28. The summed E-state index contributed by atoms with van der Waals surface area (Å²) in [5, 5.41) is 3.07. The van der Waals surface area contributed by atoms with Crippen LogP contribution in [0.5, 0.6) is 0 Å². The maximum atomic E-state index is 3.95. The van der Waals surface area contributed by atoms with Crippen molar-refractivity contribution in [1.29, 1.82) is 0 Å². The topological polar surface area (TPSA) is 0 Å². The molecule has 0 radical (unpaired) electrons. The minimum atomic E-state index is -1.63. The van der Waals surface area contributed by atoms with E-state index in [1.165, 1.54) is 28.0 Å². The van der Waals surface area contributed by atoms with Gasteiger partial charge in [-0.25, -0.2) is 0 Å². The molecular formula is C18H18Si. The van der Waals surface area contributed by atoms with Crippen molar-refractivity contribution in [3.05, 3.63) is 85.0 Å². The lowest BCUT2D eigenvalue weighted by molar-refractivity contribution is 1.50. The highest BCUT2D eigenvalue weighted by Crippen LogP contribution is 2.30. The Kier molecular flexibility index (Phi) is 3.22. The van der Waals surface area contributed by atoms with Gasteiger partial charge < -0.3 is 0 Å². The van der Waals surface area contributed by atoms with Crippen LogP contribution in [0.15, 0.2) is 85.0 Å². The smallest absolute Gasteiger partial charge is 0.0988 e. The first kappa shape index (κ1) is 12.2. The third kappa shape index (κ3) is 2.11. The minimum absolute atomic E-state index is 1.19. The standard InChI is InChI=1S/C18H18Si/c1-2-16-13-14-19(15-16,17-9-5-3-6-10-17)18-11-7-4-8-12-18/h2-13H,1,14-15H2. The van der Waals surface area contributed by atoms with E-state index in [1.807, 2.05) is 6.08 Å². The maximum absolute atomic E-state index is 3.95. The molecule has 0 bridgehead atoms. The number of allylic oxidation sites excluding steroid dienone is 3. The monoisotopic (exact) mass is 262 g/mol. The van der Waals surface area contributed by atoms with Gasteiger partial charge in [0, 0.05) is 0 Å². The summed E-state index contributed by atoms with van der Waals surface area (Å²) < 4.78 is 0. The van der Waals surface area contributed by atoms with Gasteiger partial charge in [0.2, 0.25) is 0 Å². The summed E-state index contributed by atoms with van der Waals surface area (Å²) >= 11 is 0. The Morgan fingerprint density at radius 1 is 0.842 bits per heavy atom. The van der Waals surface area contributed by atoms with Gasteiger partial charge in [-0.2, -0.15) is 0 Å². The van der Waals surface area contributed by atoms with Gasteiger partial charge in [0.25, 0.3) is 0 Å². The highest BCUT2D eigenvalue weighted by Gasteiger charge is 2.39. The highest BCUT2D eigenvalue weighted by molar-refractivity contribution is 7.03. The van der Waals surface area contributed by atoms with Gasteiger partial charge in [0.1, 0.15) is 8.07 Å². The molecule has 0 aromatic heterocycles. The van der Waals surface area contributed by atoms with E-state index in [4.69, 9.17) is 0 Å². The van der Waals surface area contributed by atoms with Gasteiger partial charge in [-0.1, -0.05) is 95.3 Å². The van der Waals surface area contributed by atoms with E-state index in [0.29, 0.717) is 0 Å². The fourth-order valence-electron chi connectivity index (χ4n) is 3.07. The van der Waals surface area contributed by atoms with Crippen LogP contribution in [0.2, 0.25) is 12.1 Å². The lowest BCUT2D eigenvalue weighted by atomic mass is 10.3. The Labute approximate surface area is 116 Å². The van der Waals surface area contributed by atoms with Crippen molar-refractivity contribution in [2.75, 3.05) is 0 Å². The summed E-state index contributed by atoms with van der Waals surface area (Å²) in [5.41, 5.74) is 1.42. The minimum Gasteiger partial charge on any atom is -0.0988 e. The zero-order chi connectivity index (χ0) is 13.1. The molecule has 1 aliphatic heterocycles. The van der Waals surface area contributed by atoms with Crippen molar-refractivity contribution in [3.63, 3.8) is 0 Å². The largest absolute Gasteiger partial charge is 0.126 e. The number of benzene rings is 2. The summed E-state index contributed by atoms with van der Waals surface area (Å²) in [7, 11) is -1.63. The first-order valence-corrected chi connectivity index (χ1v) is 9.19. The van der Waals surface area contributed by atoms with Gasteiger partial charge in [0.15, 0.2) is 0 Å². The van der Waals surface area contributed by atoms with E-state index < -0.39 is 8.07 Å². The third-order valence-electron chi connectivity index (χ3n) is 4.13. The Balaban J connectivity index is 2.11. The van der Waals surface area contributed by atoms with Gasteiger partial charge in [-0.15, -0.1) is 0 Å². The fourth-order valence-corrected chi connectivity index (χ4v) is 7.69. The third-order valence-corrected chi connectivity index (χ3v) is 8.92. The first-order chi connectivity index (χ1) is 9.35. The second-order valence-electron chi connectivity index (χ2n) is 5.18. The van der Waals surface area contributed by atoms with Crippen LogP contribution in [-0.2, 0) is 0 Å². The number of hydrogen-bond acceptors (Lipinski definition) is 0. The van der Waals surface area contributed by atoms with Crippen LogP contribution < -0.4 is 10.4 Å². The van der Waals surface area contributed by atoms with E-state index in [-0.39, 0.29) is 0 Å². The van der Waals surface area contributed by atoms with Crippen LogP contribution in [0, 0.1) is 0 Å². The average Bonchev–Trinajstić information content (AvgIpc) is 2.95. The van der Waals surface area contributed by atoms with Crippen LogP contribution >= 0.6 is 0 Å². The van der Waals surface area contributed by atoms with Gasteiger partial charge in [0.05, 0.1) is 0 Å². The molecule has 0 atom stereocenters. The molecule has 3 rings (SSSR count). The molecule has 0 spiro atoms. The summed E-state index contributed by atoms with van der Waals surface area (Å²) in [4.78, 5) is 0. The molecule has 0 N–H and O–H groups in total. The highest BCUT2D eigenvalue weighted by atomic mass is 28.3. The number of rotatable bonds is 3. The zero-order valence-electron chi connectivity index (χ0n) is 11.0. The van der Waals surface area contributed by atoms with E-state index >= 15 is 0 Å². The maximum Gasteiger partial charge on any atom is 0.126 e. The normalized spacial score (nSPS) is 16.9.